The largest absolute Gasteiger partial charge is 0.464 e. The molecule has 0 aliphatic heterocycles. The molecule has 0 aliphatic carbocycles. The molecule has 0 unspecified atom stereocenters. The summed E-state index contributed by atoms with van der Waals surface area (Å²) < 4.78 is 4.58. The lowest BCUT2D eigenvalue weighted by atomic mass is 10.2. The number of esters is 1. The Kier molecular flexibility index (Phi) is 2.78. The summed E-state index contributed by atoms with van der Waals surface area (Å²) in [4.78, 5) is 15.3. The highest BCUT2D eigenvalue weighted by molar-refractivity contribution is 7.13. The molecule has 2 aromatic rings. The van der Waals surface area contributed by atoms with Gasteiger partial charge in [0, 0.05) is 10.9 Å². The van der Waals surface area contributed by atoms with Crippen LogP contribution >= 0.6 is 11.3 Å². The predicted octanol–water partition coefficient (Wildman–Crippen LogP) is 2.20. The highest BCUT2D eigenvalue weighted by atomic mass is 32.1. The minimum absolute atomic E-state index is 0.338. The molecule has 74 valence electrons. The van der Waals surface area contributed by atoms with Crippen LogP contribution in [0.25, 0.3) is 10.6 Å². The summed E-state index contributed by atoms with van der Waals surface area (Å²) in [5.74, 6) is -0.413. The minimum Gasteiger partial charge on any atom is -0.464 e. The molecule has 0 spiro atoms. The molecule has 0 amide bonds. The van der Waals surface area contributed by atoms with E-state index in [4.69, 9.17) is 0 Å². The Labute approximate surface area is 91.4 Å². The number of carbonyl (C=O) groups is 1. The van der Waals surface area contributed by atoms with Crippen LogP contribution in [0.5, 0.6) is 0 Å². The van der Waals surface area contributed by atoms with E-state index in [0.717, 1.165) is 10.6 Å². The number of ether oxygens (including phenoxy) is 1. The molecule has 1 heterocycles. The third-order valence-corrected chi connectivity index (χ3v) is 2.69. The summed E-state index contributed by atoms with van der Waals surface area (Å²) in [5, 5.41) is 2.46. The number of hydrogen-bond donors (Lipinski definition) is 0. The first-order chi connectivity index (χ1) is 7.31. The molecule has 0 atom stereocenters. The van der Waals surface area contributed by atoms with E-state index >= 15 is 0 Å². The lowest BCUT2D eigenvalue weighted by Gasteiger charge is -1.93. The first kappa shape index (κ1) is 9.86. The number of methoxy groups -OCH3 is 1. The van der Waals surface area contributed by atoms with Crippen LogP contribution in [-0.2, 0) is 4.74 Å². The van der Waals surface area contributed by atoms with E-state index < -0.39 is 5.97 Å². The first-order valence-electron chi connectivity index (χ1n) is 4.23. The van der Waals surface area contributed by atoms with Gasteiger partial charge in [-0.05, 0) is 18.2 Å². The molecule has 0 N–H and O–H groups in total. The lowest BCUT2D eigenvalue weighted by molar-refractivity contribution is 0.0595. The van der Waals surface area contributed by atoms with Gasteiger partial charge in [0.1, 0.15) is 5.01 Å². The predicted molar refractivity (Wildman–Crippen MR) is 56.6 cm³/mol. The maximum absolute atomic E-state index is 11.2. The van der Waals surface area contributed by atoms with Crippen LogP contribution in [-0.4, -0.2) is 18.1 Å². The van der Waals surface area contributed by atoms with E-state index in [9.17, 15) is 4.79 Å². The topological polar surface area (TPSA) is 39.2 Å². The van der Waals surface area contributed by atoms with Crippen LogP contribution in [0.15, 0.2) is 23.6 Å². The van der Waals surface area contributed by atoms with Crippen molar-refractivity contribution in [3.63, 3.8) is 0 Å². The Morgan fingerprint density at radius 1 is 1.53 bits per heavy atom. The smallest absolute Gasteiger partial charge is 0.357 e. The Hall–Kier alpha value is -1.68. The van der Waals surface area contributed by atoms with Gasteiger partial charge in [-0.15, -0.1) is 11.3 Å². The molecule has 4 heteroatoms. The summed E-state index contributed by atoms with van der Waals surface area (Å²) >= 11 is 1.40. The molecule has 15 heavy (non-hydrogen) atoms. The zero-order chi connectivity index (χ0) is 10.7. The van der Waals surface area contributed by atoms with Gasteiger partial charge in [0.15, 0.2) is 5.69 Å². The van der Waals surface area contributed by atoms with Crippen molar-refractivity contribution in [1.82, 2.24) is 4.98 Å². The van der Waals surface area contributed by atoms with E-state index in [1.165, 1.54) is 18.4 Å². The zero-order valence-electron chi connectivity index (χ0n) is 7.98. The highest BCUT2D eigenvalue weighted by Crippen LogP contribution is 2.23. The van der Waals surface area contributed by atoms with Crippen molar-refractivity contribution in [2.45, 2.75) is 0 Å². The van der Waals surface area contributed by atoms with E-state index in [1.807, 2.05) is 6.07 Å². The van der Waals surface area contributed by atoms with Crippen molar-refractivity contribution in [3.8, 4) is 10.6 Å². The average Bonchev–Trinajstić information content (AvgIpc) is 2.78. The van der Waals surface area contributed by atoms with Crippen LogP contribution in [0, 0.1) is 12.1 Å². The summed E-state index contributed by atoms with van der Waals surface area (Å²) in [6, 6.07) is 11.0. The second kappa shape index (κ2) is 4.23. The van der Waals surface area contributed by atoms with Gasteiger partial charge in [0.2, 0.25) is 0 Å². The molecule has 1 aromatic heterocycles. The monoisotopic (exact) mass is 217 g/mol. The van der Waals surface area contributed by atoms with Gasteiger partial charge in [0.25, 0.3) is 0 Å². The molecule has 2 rings (SSSR count). The van der Waals surface area contributed by atoms with Gasteiger partial charge in [-0.3, -0.25) is 0 Å². The second-order valence-corrected chi connectivity index (χ2v) is 3.61. The maximum atomic E-state index is 11.2. The van der Waals surface area contributed by atoms with Crippen LogP contribution in [0.2, 0.25) is 0 Å². The van der Waals surface area contributed by atoms with Crippen molar-refractivity contribution < 1.29 is 9.53 Å². The number of aromatic nitrogens is 1. The lowest BCUT2D eigenvalue weighted by Crippen LogP contribution is -2.00. The number of benzene rings is 1. The fourth-order valence-electron chi connectivity index (χ4n) is 1.08. The molecule has 0 aliphatic rings. The third kappa shape index (κ3) is 2.05. The van der Waals surface area contributed by atoms with Crippen molar-refractivity contribution >= 4 is 17.3 Å². The molecule has 2 radical (unpaired) electrons. The van der Waals surface area contributed by atoms with E-state index in [0.29, 0.717) is 5.69 Å². The minimum atomic E-state index is -0.413. The van der Waals surface area contributed by atoms with Crippen LogP contribution in [0.1, 0.15) is 10.5 Å². The van der Waals surface area contributed by atoms with Crippen LogP contribution < -0.4 is 0 Å². The van der Waals surface area contributed by atoms with Gasteiger partial charge >= 0.3 is 5.97 Å². The van der Waals surface area contributed by atoms with Gasteiger partial charge in [0.05, 0.1) is 7.11 Å². The van der Waals surface area contributed by atoms with E-state index in [1.54, 1.807) is 17.5 Å². The van der Waals surface area contributed by atoms with Crippen molar-refractivity contribution in [3.05, 3.63) is 41.4 Å². The Morgan fingerprint density at radius 2 is 2.40 bits per heavy atom. The fourth-order valence-corrected chi connectivity index (χ4v) is 1.87. The molecule has 3 nitrogen and oxygen atoms in total. The van der Waals surface area contributed by atoms with Crippen LogP contribution in [0.3, 0.4) is 0 Å². The summed E-state index contributed by atoms with van der Waals surface area (Å²) in [6.45, 7) is 0. The molecule has 0 fully saturated rings. The number of thiazole rings is 1. The quantitative estimate of drug-likeness (QED) is 0.724. The molecular formula is C11H7NO2S. The van der Waals surface area contributed by atoms with E-state index in [-0.39, 0.29) is 0 Å². The van der Waals surface area contributed by atoms with E-state index in [2.05, 4.69) is 21.9 Å². The molecule has 0 saturated carbocycles. The Bertz CT molecular complexity index is 464. The van der Waals surface area contributed by atoms with Gasteiger partial charge in [-0.2, -0.15) is 0 Å². The van der Waals surface area contributed by atoms with Crippen molar-refractivity contribution in [2.24, 2.45) is 0 Å². The molecular weight excluding hydrogens is 210 g/mol. The average molecular weight is 217 g/mol. The molecule has 0 saturated heterocycles. The Morgan fingerprint density at radius 3 is 3.07 bits per heavy atom. The first-order valence-corrected chi connectivity index (χ1v) is 5.11. The number of nitrogens with zero attached hydrogens (tertiary/aromatic N) is 1. The standard InChI is InChI=1S/C11H7NO2S/c1-14-11(13)9-7-15-10(12-9)8-5-3-2-4-6-8/h3,5-7H,1H3. The number of carbonyl (C=O) groups excluding carboxylic acids is 1. The summed E-state index contributed by atoms with van der Waals surface area (Å²) in [6.07, 6.45) is 0. The number of rotatable bonds is 2. The highest BCUT2D eigenvalue weighted by Gasteiger charge is 2.11. The SMILES string of the molecule is COC(=O)c1csc(-c2c[c][c]cc2)n1. The summed E-state index contributed by atoms with van der Waals surface area (Å²) in [7, 11) is 1.34. The van der Waals surface area contributed by atoms with Crippen LogP contribution in [0.4, 0.5) is 0 Å². The van der Waals surface area contributed by atoms with Crippen molar-refractivity contribution in [2.75, 3.05) is 7.11 Å². The zero-order valence-corrected chi connectivity index (χ0v) is 8.80. The third-order valence-electron chi connectivity index (χ3n) is 1.80. The molecule has 0 bridgehead atoms. The second-order valence-electron chi connectivity index (χ2n) is 2.75. The molecule has 1 aromatic carbocycles. The fraction of sp³-hybridized carbons (Fsp3) is 0.0909. The van der Waals surface area contributed by atoms with Gasteiger partial charge in [-0.1, -0.05) is 12.1 Å². The van der Waals surface area contributed by atoms with Crippen molar-refractivity contribution in [1.29, 1.82) is 0 Å². The van der Waals surface area contributed by atoms with Gasteiger partial charge < -0.3 is 4.74 Å². The maximum Gasteiger partial charge on any atom is 0.357 e. The number of hydrogen-bond acceptors (Lipinski definition) is 4. The Balaban J connectivity index is 2.32. The normalized spacial score (nSPS) is 9.93. The summed E-state index contributed by atoms with van der Waals surface area (Å²) in [5.41, 5.74) is 1.26. The van der Waals surface area contributed by atoms with Gasteiger partial charge in [-0.25, -0.2) is 9.78 Å².